The van der Waals surface area contributed by atoms with Crippen molar-refractivity contribution in [3.05, 3.63) is 45.6 Å². The second-order valence-electron chi connectivity index (χ2n) is 7.85. The molecule has 3 aliphatic heterocycles. The van der Waals surface area contributed by atoms with Gasteiger partial charge in [-0.1, -0.05) is 18.7 Å². The molecule has 31 heavy (non-hydrogen) atoms. The number of aliphatic hydroxyl groups excluding tert-OH is 1. The van der Waals surface area contributed by atoms with Gasteiger partial charge in [-0.25, -0.2) is 9.18 Å². The van der Waals surface area contributed by atoms with Gasteiger partial charge in [-0.2, -0.15) is 0 Å². The fraction of sp³-hybridized carbons (Fsp3) is 0.476. The molecule has 0 radical (unpaired) electrons. The molecule has 4 unspecified atom stereocenters. The molecular formula is C21H23FN2O5S2. The van der Waals surface area contributed by atoms with Crippen LogP contribution in [0, 0.1) is 11.7 Å². The second kappa shape index (κ2) is 8.93. The van der Waals surface area contributed by atoms with Crippen LogP contribution in [-0.4, -0.2) is 74.0 Å². The molecule has 0 saturated carbocycles. The predicted molar refractivity (Wildman–Crippen MR) is 116 cm³/mol. The number of Topliss-reactive ketones (excluding diaryl/α,β-unsaturated/α-hetero) is 1. The van der Waals surface area contributed by atoms with E-state index in [2.05, 4.69) is 0 Å². The number of carbonyl (C=O) groups is 3. The van der Waals surface area contributed by atoms with Crippen molar-refractivity contribution in [2.75, 3.05) is 19.6 Å². The molecule has 3 aliphatic rings. The van der Waals surface area contributed by atoms with E-state index in [4.69, 9.17) is 0 Å². The van der Waals surface area contributed by atoms with Crippen LogP contribution in [0.4, 0.5) is 4.39 Å². The third-order valence-corrected chi connectivity index (χ3v) is 8.67. The molecule has 0 aliphatic carbocycles. The number of amides is 1. The summed E-state index contributed by atoms with van der Waals surface area (Å²) in [6.45, 7) is 3.34. The maximum Gasteiger partial charge on any atom is 0.354 e. The smallest absolute Gasteiger partial charge is 0.354 e. The summed E-state index contributed by atoms with van der Waals surface area (Å²) in [7, 11) is 0. The Kier molecular flexibility index (Phi) is 6.43. The Morgan fingerprint density at radius 1 is 1.32 bits per heavy atom. The highest BCUT2D eigenvalue weighted by Gasteiger charge is 2.58. The molecule has 1 amide bonds. The van der Waals surface area contributed by atoms with Crippen molar-refractivity contribution in [2.24, 2.45) is 5.92 Å². The Morgan fingerprint density at radius 3 is 2.68 bits per heavy atom. The molecule has 10 heteroatoms. The zero-order valence-corrected chi connectivity index (χ0v) is 18.5. The van der Waals surface area contributed by atoms with Crippen molar-refractivity contribution < 1.29 is 29.0 Å². The monoisotopic (exact) mass is 466 g/mol. The molecule has 1 aromatic rings. The van der Waals surface area contributed by atoms with Crippen molar-refractivity contribution in [3.8, 4) is 0 Å². The second-order valence-corrected chi connectivity index (χ2v) is 10.5. The number of rotatable bonds is 8. The Bertz CT molecular complexity index is 938. The molecule has 4 atom stereocenters. The number of fused-ring (bicyclic) bond motifs is 1. The largest absolute Gasteiger partial charge is 0.477 e. The fourth-order valence-corrected chi connectivity index (χ4v) is 7.43. The summed E-state index contributed by atoms with van der Waals surface area (Å²) in [5.74, 6) is -2.52. The Morgan fingerprint density at radius 2 is 2.03 bits per heavy atom. The minimum Gasteiger partial charge on any atom is -0.477 e. The minimum absolute atomic E-state index is 0.00499. The number of nitrogens with zero attached hydrogens (tertiary/aromatic N) is 2. The highest BCUT2D eigenvalue weighted by Crippen LogP contribution is 2.55. The van der Waals surface area contributed by atoms with Crippen LogP contribution in [0.5, 0.6) is 0 Å². The van der Waals surface area contributed by atoms with Crippen LogP contribution in [0.1, 0.15) is 30.1 Å². The van der Waals surface area contributed by atoms with Gasteiger partial charge >= 0.3 is 5.97 Å². The molecule has 7 nitrogen and oxygen atoms in total. The number of thioether (sulfide) groups is 2. The first kappa shape index (κ1) is 22.3. The molecular weight excluding hydrogens is 443 g/mol. The van der Waals surface area contributed by atoms with E-state index in [1.165, 1.54) is 52.7 Å². The maximum absolute atomic E-state index is 13.0. The Labute approximate surface area is 187 Å². The summed E-state index contributed by atoms with van der Waals surface area (Å²) < 4.78 is 13.6. The molecule has 0 aromatic heterocycles. The lowest BCUT2D eigenvalue weighted by Crippen LogP contribution is -2.61. The molecule has 0 bridgehead atoms. The number of β-lactam (4-membered cyclic amide) rings is 1. The number of carboxylic acids is 1. The van der Waals surface area contributed by atoms with Gasteiger partial charge in [-0.15, -0.1) is 11.8 Å². The number of halogens is 1. The van der Waals surface area contributed by atoms with E-state index in [0.717, 1.165) is 6.42 Å². The summed E-state index contributed by atoms with van der Waals surface area (Å²) >= 11 is 2.77. The van der Waals surface area contributed by atoms with Gasteiger partial charge in [0.2, 0.25) is 5.91 Å². The third-order valence-electron chi connectivity index (χ3n) is 5.82. The number of aliphatic carboxylic acids is 1. The molecule has 2 saturated heterocycles. The van der Waals surface area contributed by atoms with E-state index in [1.54, 1.807) is 6.92 Å². The number of hydrogen-bond donors (Lipinski definition) is 2. The van der Waals surface area contributed by atoms with E-state index >= 15 is 0 Å². The van der Waals surface area contributed by atoms with Gasteiger partial charge in [0.05, 0.1) is 22.8 Å². The van der Waals surface area contributed by atoms with Crippen molar-refractivity contribution in [1.29, 1.82) is 0 Å². The predicted octanol–water partition coefficient (Wildman–Crippen LogP) is 2.37. The summed E-state index contributed by atoms with van der Waals surface area (Å²) in [6, 6.07) is 5.48. The zero-order valence-electron chi connectivity index (χ0n) is 16.9. The highest BCUT2D eigenvalue weighted by atomic mass is 32.2. The lowest BCUT2D eigenvalue weighted by atomic mass is 9.90. The van der Waals surface area contributed by atoms with E-state index in [1.807, 2.05) is 4.90 Å². The fourth-order valence-electron chi connectivity index (χ4n) is 4.11. The minimum atomic E-state index is -1.14. The number of carbonyl (C=O) groups excluding carboxylic acids is 2. The molecule has 0 spiro atoms. The van der Waals surface area contributed by atoms with Crippen molar-refractivity contribution >= 4 is 41.2 Å². The normalized spacial score (nSPS) is 26.7. The summed E-state index contributed by atoms with van der Waals surface area (Å²) in [4.78, 5) is 40.0. The average Bonchev–Trinajstić information content (AvgIpc) is 3.30. The first-order chi connectivity index (χ1) is 14.8. The first-order valence-corrected chi connectivity index (χ1v) is 11.9. The molecule has 1 aromatic carbocycles. The van der Waals surface area contributed by atoms with E-state index < -0.39 is 18.0 Å². The van der Waals surface area contributed by atoms with Crippen LogP contribution in [0.2, 0.25) is 0 Å². The first-order valence-electron chi connectivity index (χ1n) is 10.1. The topological polar surface area (TPSA) is 98.2 Å². The van der Waals surface area contributed by atoms with Crippen LogP contribution in [0.15, 0.2) is 34.2 Å². The van der Waals surface area contributed by atoms with Crippen LogP contribution >= 0.6 is 23.5 Å². The van der Waals surface area contributed by atoms with Crippen molar-refractivity contribution in [1.82, 2.24) is 9.80 Å². The number of benzene rings is 1. The highest BCUT2D eigenvalue weighted by molar-refractivity contribution is 8.23. The molecule has 4 rings (SSSR count). The number of hydrogen-bond acceptors (Lipinski definition) is 7. The van der Waals surface area contributed by atoms with E-state index in [9.17, 15) is 29.0 Å². The summed E-state index contributed by atoms with van der Waals surface area (Å²) in [5.41, 5.74) is 0.466. The number of carboxylic acid groups (broad SMARTS) is 1. The zero-order chi connectivity index (χ0) is 22.3. The SMILES string of the molecule is CCC(O)C1C(=O)N2C(C(=O)O)=C(SC3CCN(CC(=O)c4ccc(F)cc4)C3)SC12. The molecule has 2 fully saturated rings. The van der Waals surface area contributed by atoms with Gasteiger partial charge in [-0.3, -0.25) is 19.4 Å². The maximum atomic E-state index is 13.0. The number of aliphatic hydroxyl groups is 1. The Balaban J connectivity index is 1.38. The summed E-state index contributed by atoms with van der Waals surface area (Å²) in [6.07, 6.45) is 0.448. The molecule has 3 heterocycles. The van der Waals surface area contributed by atoms with Gasteiger partial charge < -0.3 is 10.2 Å². The number of likely N-dealkylation sites (tertiary alicyclic amines) is 1. The van der Waals surface area contributed by atoms with Gasteiger partial charge in [0, 0.05) is 17.4 Å². The van der Waals surface area contributed by atoms with Gasteiger partial charge in [0.1, 0.15) is 11.2 Å². The molecule has 2 N–H and O–H groups in total. The van der Waals surface area contributed by atoms with E-state index in [0.29, 0.717) is 29.3 Å². The Hall–Kier alpha value is -1.88. The quantitative estimate of drug-likeness (QED) is 0.445. The van der Waals surface area contributed by atoms with E-state index in [-0.39, 0.29) is 40.4 Å². The lowest BCUT2D eigenvalue weighted by Gasteiger charge is -2.44. The number of ketones is 1. The van der Waals surface area contributed by atoms with Crippen LogP contribution in [0.3, 0.4) is 0 Å². The standard InChI is InChI=1S/C21H23FN2O5S2/c1-2-14(25)16-18(27)24-17(20(28)29)21(31-19(16)24)30-13-7-8-23(9-13)10-15(26)11-3-5-12(22)6-4-11/h3-6,13-14,16,19,25H,2,7-10H2,1H3,(H,28,29). The van der Waals surface area contributed by atoms with Crippen molar-refractivity contribution in [2.45, 2.75) is 36.5 Å². The summed E-state index contributed by atoms with van der Waals surface area (Å²) in [5, 5.41) is 19.5. The lowest BCUT2D eigenvalue weighted by molar-refractivity contribution is -0.157. The van der Waals surface area contributed by atoms with Crippen LogP contribution in [-0.2, 0) is 9.59 Å². The molecule has 166 valence electrons. The van der Waals surface area contributed by atoms with Gasteiger partial charge in [0.25, 0.3) is 0 Å². The average molecular weight is 467 g/mol. The van der Waals surface area contributed by atoms with Gasteiger partial charge in [0.15, 0.2) is 11.5 Å². The van der Waals surface area contributed by atoms with Crippen LogP contribution < -0.4 is 0 Å². The van der Waals surface area contributed by atoms with Crippen LogP contribution in [0.25, 0.3) is 0 Å². The van der Waals surface area contributed by atoms with Gasteiger partial charge in [-0.05, 0) is 43.7 Å². The third kappa shape index (κ3) is 4.26. The van der Waals surface area contributed by atoms with Crippen molar-refractivity contribution in [3.63, 3.8) is 0 Å².